The van der Waals surface area contributed by atoms with Gasteiger partial charge in [-0.2, -0.15) is 0 Å². The number of hydrogen-bond donors (Lipinski definition) is 2. The molecule has 1 aromatic rings. The second-order valence-electron chi connectivity index (χ2n) is 6.33. The molecule has 144 valence electrons. The summed E-state index contributed by atoms with van der Waals surface area (Å²) in [4.78, 5) is 12.1. The first-order valence-corrected chi connectivity index (χ1v) is 10.0. The summed E-state index contributed by atoms with van der Waals surface area (Å²) in [5.74, 6) is 1.04. The summed E-state index contributed by atoms with van der Waals surface area (Å²) in [7, 11) is -3.20. The van der Waals surface area contributed by atoms with Crippen LogP contribution in [0, 0.1) is 5.92 Å². The maximum absolute atomic E-state index is 11.9. The van der Waals surface area contributed by atoms with Gasteiger partial charge in [0.15, 0.2) is 9.84 Å². The van der Waals surface area contributed by atoms with Crippen LogP contribution in [0.2, 0.25) is 0 Å². The maximum Gasteiger partial charge on any atom is 0.220 e. The van der Waals surface area contributed by atoms with Gasteiger partial charge in [0.25, 0.3) is 0 Å². The molecule has 0 fully saturated rings. The van der Waals surface area contributed by atoms with Gasteiger partial charge in [-0.3, -0.25) is 4.79 Å². The molecule has 0 radical (unpaired) electrons. The zero-order valence-corrected chi connectivity index (χ0v) is 16.7. The van der Waals surface area contributed by atoms with Crippen molar-refractivity contribution in [3.05, 3.63) is 24.3 Å². The molecule has 0 aliphatic carbocycles. The Bertz CT molecular complexity index is 618. The molecule has 0 aromatic heterocycles. The minimum atomic E-state index is -3.20. The number of hydrogen-bond acceptors (Lipinski definition) is 5. The smallest absolute Gasteiger partial charge is 0.220 e. The van der Waals surface area contributed by atoms with Crippen molar-refractivity contribution in [1.82, 2.24) is 5.32 Å². The molecule has 1 atom stereocenters. The number of ether oxygens (including phenoxy) is 1. The predicted octanol–water partition coefficient (Wildman–Crippen LogP) is 2.16. The van der Waals surface area contributed by atoms with E-state index in [1.165, 1.54) is 12.1 Å². The summed E-state index contributed by atoms with van der Waals surface area (Å²) in [5.41, 5.74) is 5.66. The van der Waals surface area contributed by atoms with Crippen LogP contribution in [0.4, 0.5) is 0 Å². The Morgan fingerprint density at radius 2 is 1.84 bits per heavy atom. The molecule has 0 heterocycles. The highest BCUT2D eigenvalue weighted by atomic mass is 35.5. The molecule has 1 aromatic carbocycles. The minimum Gasteiger partial charge on any atom is -0.494 e. The molecular formula is C17H29ClN2O4S. The zero-order valence-electron chi connectivity index (χ0n) is 15.0. The third-order valence-corrected chi connectivity index (χ3v) is 4.60. The van der Waals surface area contributed by atoms with Crippen LogP contribution in [-0.4, -0.2) is 39.8 Å². The van der Waals surface area contributed by atoms with Crippen molar-refractivity contribution in [3.8, 4) is 5.75 Å². The van der Waals surface area contributed by atoms with E-state index in [1.807, 2.05) is 0 Å². The van der Waals surface area contributed by atoms with E-state index in [4.69, 9.17) is 10.5 Å². The van der Waals surface area contributed by atoms with Crippen molar-refractivity contribution in [3.63, 3.8) is 0 Å². The van der Waals surface area contributed by atoms with Gasteiger partial charge in [-0.15, -0.1) is 12.4 Å². The maximum atomic E-state index is 11.9. The van der Waals surface area contributed by atoms with E-state index in [1.54, 1.807) is 12.1 Å². The van der Waals surface area contributed by atoms with Gasteiger partial charge in [-0.05, 0) is 43.0 Å². The number of halogens is 1. The second-order valence-corrected chi connectivity index (χ2v) is 8.34. The molecule has 0 aliphatic heterocycles. The molecule has 0 aliphatic rings. The Hall–Kier alpha value is -1.31. The van der Waals surface area contributed by atoms with E-state index in [0.717, 1.165) is 12.7 Å². The van der Waals surface area contributed by atoms with E-state index >= 15 is 0 Å². The van der Waals surface area contributed by atoms with Gasteiger partial charge in [-0.25, -0.2) is 8.42 Å². The highest BCUT2D eigenvalue weighted by molar-refractivity contribution is 7.90. The monoisotopic (exact) mass is 392 g/mol. The number of nitrogens with one attached hydrogen (secondary N) is 1. The number of sulfone groups is 1. The highest BCUT2D eigenvalue weighted by Crippen LogP contribution is 2.16. The van der Waals surface area contributed by atoms with E-state index < -0.39 is 9.84 Å². The molecule has 1 rings (SSSR count). The van der Waals surface area contributed by atoms with Crippen molar-refractivity contribution in [2.24, 2.45) is 11.7 Å². The minimum absolute atomic E-state index is 0. The Labute approximate surface area is 156 Å². The fourth-order valence-electron chi connectivity index (χ4n) is 2.29. The zero-order chi connectivity index (χ0) is 18.2. The van der Waals surface area contributed by atoms with Crippen LogP contribution < -0.4 is 15.8 Å². The van der Waals surface area contributed by atoms with Gasteiger partial charge in [0.1, 0.15) is 5.75 Å². The number of carbonyl (C=O) groups is 1. The quantitative estimate of drug-likeness (QED) is 0.594. The van der Waals surface area contributed by atoms with Crippen molar-refractivity contribution < 1.29 is 17.9 Å². The number of carbonyl (C=O) groups excluding carboxylic acids is 1. The molecule has 1 unspecified atom stereocenters. The van der Waals surface area contributed by atoms with Crippen molar-refractivity contribution in [2.45, 2.75) is 44.0 Å². The summed E-state index contributed by atoms with van der Waals surface area (Å²) in [5, 5.41) is 2.93. The molecule has 0 spiro atoms. The summed E-state index contributed by atoms with van der Waals surface area (Å²) in [6, 6.07) is 6.26. The van der Waals surface area contributed by atoms with E-state index in [0.29, 0.717) is 37.7 Å². The summed E-state index contributed by atoms with van der Waals surface area (Å²) < 4.78 is 28.3. The Balaban J connectivity index is 0.00000576. The van der Waals surface area contributed by atoms with Gasteiger partial charge in [0, 0.05) is 25.3 Å². The van der Waals surface area contributed by atoms with Crippen LogP contribution in [0.5, 0.6) is 5.75 Å². The predicted molar refractivity (Wildman–Crippen MR) is 102 cm³/mol. The van der Waals surface area contributed by atoms with Crippen LogP contribution in [0.3, 0.4) is 0 Å². The van der Waals surface area contributed by atoms with Gasteiger partial charge in [0.2, 0.25) is 5.91 Å². The molecule has 25 heavy (non-hydrogen) atoms. The van der Waals surface area contributed by atoms with Crippen molar-refractivity contribution in [2.75, 3.05) is 19.4 Å². The van der Waals surface area contributed by atoms with E-state index in [-0.39, 0.29) is 29.3 Å². The Morgan fingerprint density at radius 3 is 2.32 bits per heavy atom. The van der Waals surface area contributed by atoms with E-state index in [9.17, 15) is 13.2 Å². The number of benzene rings is 1. The second kappa shape index (κ2) is 11.3. The van der Waals surface area contributed by atoms with Crippen LogP contribution in [-0.2, 0) is 14.6 Å². The molecule has 1 amide bonds. The lowest BCUT2D eigenvalue weighted by molar-refractivity contribution is -0.122. The van der Waals surface area contributed by atoms with Crippen LogP contribution in [0.25, 0.3) is 0 Å². The Kier molecular flexibility index (Phi) is 10.7. The fourth-order valence-corrected chi connectivity index (χ4v) is 2.92. The normalized spacial score (nSPS) is 12.4. The topological polar surface area (TPSA) is 98.5 Å². The first-order valence-electron chi connectivity index (χ1n) is 8.14. The first-order chi connectivity index (χ1) is 11.2. The molecule has 6 nitrogen and oxygen atoms in total. The highest BCUT2D eigenvalue weighted by Gasteiger charge is 2.12. The summed E-state index contributed by atoms with van der Waals surface area (Å²) >= 11 is 0. The molecule has 0 saturated heterocycles. The van der Waals surface area contributed by atoms with Gasteiger partial charge < -0.3 is 15.8 Å². The van der Waals surface area contributed by atoms with E-state index in [2.05, 4.69) is 19.2 Å². The van der Waals surface area contributed by atoms with Gasteiger partial charge in [0.05, 0.1) is 11.5 Å². The molecule has 3 N–H and O–H groups in total. The number of nitrogens with two attached hydrogens (primary N) is 1. The lowest BCUT2D eigenvalue weighted by atomic mass is 10.0. The first kappa shape index (κ1) is 23.7. The lowest BCUT2D eigenvalue weighted by Gasteiger charge is -2.18. The fraction of sp³-hybridized carbons (Fsp3) is 0.588. The third kappa shape index (κ3) is 9.67. The van der Waals surface area contributed by atoms with Crippen LogP contribution in [0.15, 0.2) is 29.2 Å². The van der Waals surface area contributed by atoms with Crippen molar-refractivity contribution >= 4 is 28.2 Å². The summed E-state index contributed by atoms with van der Waals surface area (Å²) in [6.07, 6.45) is 2.98. The van der Waals surface area contributed by atoms with Gasteiger partial charge in [-0.1, -0.05) is 13.8 Å². The summed E-state index contributed by atoms with van der Waals surface area (Å²) in [6.45, 7) is 5.02. The standard InChI is InChI=1S/C17H28N2O4S.ClH/c1-13(2)11-14(12-18)19-17(20)5-4-10-23-15-6-8-16(9-7-15)24(3,21)22;/h6-9,13-14H,4-5,10-12,18H2,1-3H3,(H,19,20);1H. The molecule has 0 bridgehead atoms. The van der Waals surface area contributed by atoms with Crippen molar-refractivity contribution in [1.29, 1.82) is 0 Å². The third-order valence-electron chi connectivity index (χ3n) is 3.47. The number of rotatable bonds is 10. The SMILES string of the molecule is CC(C)CC(CN)NC(=O)CCCOc1ccc(S(C)(=O)=O)cc1.Cl. The number of amides is 1. The van der Waals surface area contributed by atoms with Crippen LogP contribution >= 0.6 is 12.4 Å². The van der Waals surface area contributed by atoms with Gasteiger partial charge >= 0.3 is 0 Å². The average molecular weight is 393 g/mol. The van der Waals surface area contributed by atoms with Crippen LogP contribution in [0.1, 0.15) is 33.1 Å². The lowest BCUT2D eigenvalue weighted by Crippen LogP contribution is -2.41. The largest absolute Gasteiger partial charge is 0.494 e. The molecule has 0 saturated carbocycles. The Morgan fingerprint density at radius 1 is 1.24 bits per heavy atom. The average Bonchev–Trinajstić information content (AvgIpc) is 2.50. The molecular weight excluding hydrogens is 364 g/mol. The molecule has 8 heteroatoms.